The minimum absolute atomic E-state index is 0.157. The number of H-pyrrole nitrogens is 1. The molecule has 0 spiro atoms. The average Bonchev–Trinajstić information content (AvgIpc) is 3.11. The summed E-state index contributed by atoms with van der Waals surface area (Å²) in [6, 6.07) is 12.8. The minimum Gasteiger partial charge on any atom is -0.383 e. The first kappa shape index (κ1) is 13.4. The standard InChI is InChI=1S/C16H15N3O2/c17-9-12-5-6-14(19-12)15(20)18-10-16(21)8-7-11-3-1-2-4-13(11)16/h1-6,19,21H,7-8,10H2,(H,18,20). The number of nitrogens with one attached hydrogen (secondary N) is 2. The van der Waals surface area contributed by atoms with Crippen molar-refractivity contribution in [2.24, 2.45) is 0 Å². The van der Waals surface area contributed by atoms with Crippen molar-refractivity contribution in [2.45, 2.75) is 18.4 Å². The van der Waals surface area contributed by atoms with E-state index in [1.807, 2.05) is 30.3 Å². The Hall–Kier alpha value is -2.58. The fourth-order valence-electron chi connectivity index (χ4n) is 2.77. The molecule has 1 aliphatic carbocycles. The van der Waals surface area contributed by atoms with Crippen LogP contribution in [-0.4, -0.2) is 22.5 Å². The summed E-state index contributed by atoms with van der Waals surface area (Å²) in [6.45, 7) is 0.157. The van der Waals surface area contributed by atoms with Crippen LogP contribution in [0.3, 0.4) is 0 Å². The van der Waals surface area contributed by atoms with Gasteiger partial charge in [0.05, 0.1) is 6.54 Å². The second kappa shape index (κ2) is 5.08. The third-order valence-corrected chi connectivity index (χ3v) is 3.92. The Morgan fingerprint density at radius 3 is 2.95 bits per heavy atom. The van der Waals surface area contributed by atoms with Crippen molar-refractivity contribution in [3.8, 4) is 6.07 Å². The van der Waals surface area contributed by atoms with Crippen molar-refractivity contribution < 1.29 is 9.90 Å². The number of amides is 1. The summed E-state index contributed by atoms with van der Waals surface area (Å²) in [5.74, 6) is -0.325. The van der Waals surface area contributed by atoms with Crippen LogP contribution < -0.4 is 5.32 Å². The molecule has 1 aromatic heterocycles. The lowest BCUT2D eigenvalue weighted by Crippen LogP contribution is -2.39. The highest BCUT2D eigenvalue weighted by atomic mass is 16.3. The number of benzene rings is 1. The molecule has 0 bridgehead atoms. The van der Waals surface area contributed by atoms with Crippen LogP contribution in [0.25, 0.3) is 0 Å². The number of nitrogens with zero attached hydrogens (tertiary/aromatic N) is 1. The van der Waals surface area contributed by atoms with Crippen LogP contribution in [-0.2, 0) is 12.0 Å². The number of aromatic amines is 1. The van der Waals surface area contributed by atoms with Crippen LogP contribution >= 0.6 is 0 Å². The van der Waals surface area contributed by atoms with Crippen LogP contribution in [0.5, 0.6) is 0 Å². The highest BCUT2D eigenvalue weighted by Gasteiger charge is 2.36. The van der Waals surface area contributed by atoms with E-state index in [0.717, 1.165) is 17.5 Å². The molecule has 1 atom stereocenters. The summed E-state index contributed by atoms with van der Waals surface area (Å²) in [5.41, 5.74) is 1.65. The van der Waals surface area contributed by atoms with Gasteiger partial charge in [-0.2, -0.15) is 5.26 Å². The van der Waals surface area contributed by atoms with Crippen LogP contribution in [0.1, 0.15) is 33.7 Å². The molecule has 5 nitrogen and oxygen atoms in total. The lowest BCUT2D eigenvalue weighted by Gasteiger charge is -2.24. The Morgan fingerprint density at radius 1 is 1.38 bits per heavy atom. The van der Waals surface area contributed by atoms with E-state index in [9.17, 15) is 9.90 Å². The van der Waals surface area contributed by atoms with Crippen molar-refractivity contribution in [1.29, 1.82) is 5.26 Å². The lowest BCUT2D eigenvalue weighted by atomic mass is 9.96. The quantitative estimate of drug-likeness (QED) is 0.795. The van der Waals surface area contributed by atoms with E-state index in [4.69, 9.17) is 5.26 Å². The Balaban J connectivity index is 1.71. The Kier molecular flexibility index (Phi) is 3.24. The van der Waals surface area contributed by atoms with Gasteiger partial charge in [0.1, 0.15) is 23.1 Å². The van der Waals surface area contributed by atoms with Gasteiger partial charge >= 0.3 is 0 Å². The molecule has 106 valence electrons. The number of aliphatic hydroxyl groups is 1. The van der Waals surface area contributed by atoms with E-state index in [1.165, 1.54) is 0 Å². The molecule has 5 heteroatoms. The zero-order chi connectivity index (χ0) is 14.9. The number of aromatic nitrogens is 1. The summed E-state index contributed by atoms with van der Waals surface area (Å²) >= 11 is 0. The van der Waals surface area contributed by atoms with Crippen molar-refractivity contribution in [1.82, 2.24) is 10.3 Å². The molecule has 1 amide bonds. The zero-order valence-electron chi connectivity index (χ0n) is 11.4. The van der Waals surface area contributed by atoms with Gasteiger partial charge < -0.3 is 15.4 Å². The van der Waals surface area contributed by atoms with Gasteiger partial charge in [0.15, 0.2) is 0 Å². The number of carbonyl (C=O) groups is 1. The fourth-order valence-corrected chi connectivity index (χ4v) is 2.77. The zero-order valence-corrected chi connectivity index (χ0v) is 11.4. The maximum absolute atomic E-state index is 12.0. The van der Waals surface area contributed by atoms with Crippen molar-refractivity contribution in [3.63, 3.8) is 0 Å². The summed E-state index contributed by atoms with van der Waals surface area (Å²) in [4.78, 5) is 14.7. The number of hydrogen-bond donors (Lipinski definition) is 3. The second-order valence-electron chi connectivity index (χ2n) is 5.27. The predicted molar refractivity (Wildman–Crippen MR) is 76.5 cm³/mol. The normalized spacial score (nSPS) is 19.8. The van der Waals surface area contributed by atoms with Gasteiger partial charge in [-0.15, -0.1) is 0 Å². The molecule has 21 heavy (non-hydrogen) atoms. The summed E-state index contributed by atoms with van der Waals surface area (Å²) in [6.07, 6.45) is 1.41. The third kappa shape index (κ3) is 2.41. The first-order chi connectivity index (χ1) is 10.1. The number of hydrogen-bond acceptors (Lipinski definition) is 3. The van der Waals surface area contributed by atoms with Gasteiger partial charge in [-0.3, -0.25) is 4.79 Å². The van der Waals surface area contributed by atoms with Crippen LogP contribution in [0.15, 0.2) is 36.4 Å². The van der Waals surface area contributed by atoms with E-state index in [0.29, 0.717) is 17.8 Å². The minimum atomic E-state index is -1.02. The molecule has 3 N–H and O–H groups in total. The highest BCUT2D eigenvalue weighted by molar-refractivity contribution is 5.92. The molecule has 1 unspecified atom stereocenters. The maximum Gasteiger partial charge on any atom is 0.267 e. The predicted octanol–water partition coefficient (Wildman–Crippen LogP) is 1.45. The molecular weight excluding hydrogens is 266 g/mol. The first-order valence-corrected chi connectivity index (χ1v) is 6.80. The van der Waals surface area contributed by atoms with Gasteiger partial charge in [0.2, 0.25) is 0 Å². The molecular formula is C16H15N3O2. The molecule has 0 fully saturated rings. The lowest BCUT2D eigenvalue weighted by molar-refractivity contribution is 0.0369. The monoisotopic (exact) mass is 281 g/mol. The van der Waals surface area contributed by atoms with Crippen molar-refractivity contribution in [3.05, 3.63) is 58.9 Å². The maximum atomic E-state index is 12.0. The number of rotatable bonds is 3. The summed E-state index contributed by atoms with van der Waals surface area (Å²) in [5, 5.41) is 22.2. The van der Waals surface area contributed by atoms with Crippen LogP contribution in [0.4, 0.5) is 0 Å². The first-order valence-electron chi connectivity index (χ1n) is 6.80. The molecule has 1 heterocycles. The van der Waals surface area contributed by atoms with Gasteiger partial charge in [0.25, 0.3) is 5.91 Å². The Labute approximate surface area is 122 Å². The van der Waals surface area contributed by atoms with E-state index in [1.54, 1.807) is 12.1 Å². The summed E-state index contributed by atoms with van der Waals surface area (Å²) in [7, 11) is 0. The molecule has 1 aliphatic rings. The number of carbonyl (C=O) groups excluding carboxylic acids is 1. The van der Waals surface area contributed by atoms with Gasteiger partial charge in [-0.1, -0.05) is 24.3 Å². The van der Waals surface area contributed by atoms with Crippen LogP contribution in [0.2, 0.25) is 0 Å². The third-order valence-electron chi connectivity index (χ3n) is 3.92. The molecule has 0 saturated heterocycles. The average molecular weight is 281 g/mol. The van der Waals surface area contributed by atoms with E-state index < -0.39 is 5.60 Å². The fraction of sp³-hybridized carbons (Fsp3) is 0.250. The largest absolute Gasteiger partial charge is 0.383 e. The van der Waals surface area contributed by atoms with Crippen molar-refractivity contribution in [2.75, 3.05) is 6.54 Å². The van der Waals surface area contributed by atoms with Gasteiger partial charge in [-0.05, 0) is 36.1 Å². The van der Waals surface area contributed by atoms with E-state index in [-0.39, 0.29) is 12.5 Å². The molecule has 0 aliphatic heterocycles. The highest BCUT2D eigenvalue weighted by Crippen LogP contribution is 2.36. The SMILES string of the molecule is N#Cc1ccc(C(=O)NCC2(O)CCc3ccccc32)[nH]1. The smallest absolute Gasteiger partial charge is 0.267 e. The van der Waals surface area contributed by atoms with Gasteiger partial charge in [0, 0.05) is 0 Å². The molecule has 0 saturated carbocycles. The number of nitriles is 1. The number of aryl methyl sites for hydroxylation is 1. The Bertz CT molecular complexity index is 729. The number of fused-ring (bicyclic) bond motifs is 1. The van der Waals surface area contributed by atoms with E-state index in [2.05, 4.69) is 10.3 Å². The van der Waals surface area contributed by atoms with Gasteiger partial charge in [-0.25, -0.2) is 0 Å². The van der Waals surface area contributed by atoms with Crippen molar-refractivity contribution >= 4 is 5.91 Å². The molecule has 3 rings (SSSR count). The second-order valence-corrected chi connectivity index (χ2v) is 5.27. The topological polar surface area (TPSA) is 88.9 Å². The molecule has 2 aromatic rings. The summed E-state index contributed by atoms with van der Waals surface area (Å²) < 4.78 is 0. The Morgan fingerprint density at radius 2 is 2.19 bits per heavy atom. The molecule has 1 aromatic carbocycles. The van der Waals surface area contributed by atoms with E-state index >= 15 is 0 Å². The molecule has 0 radical (unpaired) electrons. The van der Waals surface area contributed by atoms with Crippen LogP contribution in [0, 0.1) is 11.3 Å².